The van der Waals surface area contributed by atoms with Gasteiger partial charge in [0.1, 0.15) is 10.9 Å². The fraction of sp³-hybridized carbons (Fsp3) is 0.158. The minimum atomic E-state index is -1.06. The van der Waals surface area contributed by atoms with E-state index in [0.29, 0.717) is 29.4 Å². The number of ether oxygens (including phenoxy) is 1. The van der Waals surface area contributed by atoms with Crippen LogP contribution in [0, 0.1) is 10.1 Å². The Hall–Kier alpha value is -3.39. The topological polar surface area (TPSA) is 115 Å². The minimum Gasteiger partial charge on any atom is -0.482 e. The van der Waals surface area contributed by atoms with Gasteiger partial charge in [0.15, 0.2) is 6.61 Å². The first kappa shape index (κ1) is 19.4. The summed E-state index contributed by atoms with van der Waals surface area (Å²) in [5.41, 5.74) is 2.39. The van der Waals surface area contributed by atoms with Gasteiger partial charge in [-0.25, -0.2) is 9.78 Å². The molecule has 0 saturated heterocycles. The molecule has 2 N–H and O–H groups in total. The van der Waals surface area contributed by atoms with Crippen LogP contribution in [0.5, 0.6) is 5.75 Å². The molecule has 0 fully saturated rings. The van der Waals surface area contributed by atoms with Crippen molar-refractivity contribution in [1.29, 1.82) is 0 Å². The third kappa shape index (κ3) is 4.86. The van der Waals surface area contributed by atoms with Crippen LogP contribution in [0.1, 0.15) is 5.56 Å². The molecule has 1 aromatic heterocycles. The van der Waals surface area contributed by atoms with Crippen molar-refractivity contribution in [3.63, 3.8) is 0 Å². The fourth-order valence-corrected chi connectivity index (χ4v) is 2.88. The molecule has 8 nitrogen and oxygen atoms in total. The van der Waals surface area contributed by atoms with Gasteiger partial charge in [-0.05, 0) is 36.2 Å². The molecule has 0 amide bonds. The second-order valence-corrected chi connectivity index (χ2v) is 6.34. The SMILES string of the molecule is O=C(O)COc1ccc2nc(Cl)cc(NCCc3ccc([N+](=O)[O-])cc3)c2c1. The van der Waals surface area contributed by atoms with E-state index in [1.165, 1.54) is 12.1 Å². The first-order chi connectivity index (χ1) is 13.4. The second-order valence-electron chi connectivity index (χ2n) is 5.95. The smallest absolute Gasteiger partial charge is 0.341 e. The third-order valence-corrected chi connectivity index (χ3v) is 4.18. The molecule has 9 heteroatoms. The molecule has 0 radical (unpaired) electrons. The Bertz CT molecular complexity index is 1020. The molecule has 144 valence electrons. The number of pyridine rings is 1. The zero-order chi connectivity index (χ0) is 20.1. The summed E-state index contributed by atoms with van der Waals surface area (Å²) < 4.78 is 5.22. The van der Waals surface area contributed by atoms with Gasteiger partial charge in [-0.3, -0.25) is 10.1 Å². The molecule has 0 spiro atoms. The van der Waals surface area contributed by atoms with Crippen LogP contribution in [0.25, 0.3) is 10.9 Å². The zero-order valence-electron chi connectivity index (χ0n) is 14.6. The molecule has 0 saturated carbocycles. The van der Waals surface area contributed by atoms with Crippen LogP contribution in [0.4, 0.5) is 11.4 Å². The van der Waals surface area contributed by atoms with Crippen LogP contribution in [0.15, 0.2) is 48.5 Å². The number of carbonyl (C=O) groups is 1. The van der Waals surface area contributed by atoms with Gasteiger partial charge >= 0.3 is 5.97 Å². The van der Waals surface area contributed by atoms with E-state index >= 15 is 0 Å². The van der Waals surface area contributed by atoms with Crippen molar-refractivity contribution in [3.8, 4) is 5.75 Å². The predicted octanol–water partition coefficient (Wildman–Crippen LogP) is 3.91. The summed E-state index contributed by atoms with van der Waals surface area (Å²) in [6.07, 6.45) is 0.647. The van der Waals surface area contributed by atoms with Crippen LogP contribution in [0.3, 0.4) is 0 Å². The molecular weight excluding hydrogens is 386 g/mol. The summed E-state index contributed by atoms with van der Waals surface area (Å²) in [7, 11) is 0. The molecule has 0 bridgehead atoms. The lowest BCUT2D eigenvalue weighted by atomic mass is 10.1. The van der Waals surface area contributed by atoms with Gasteiger partial charge in [0.05, 0.1) is 10.4 Å². The molecule has 0 unspecified atom stereocenters. The van der Waals surface area contributed by atoms with Gasteiger partial charge in [-0.1, -0.05) is 23.7 Å². The van der Waals surface area contributed by atoms with Crippen LogP contribution < -0.4 is 10.1 Å². The molecule has 0 atom stereocenters. The summed E-state index contributed by atoms with van der Waals surface area (Å²) in [6, 6.07) is 13.1. The highest BCUT2D eigenvalue weighted by molar-refractivity contribution is 6.30. The van der Waals surface area contributed by atoms with E-state index < -0.39 is 17.5 Å². The van der Waals surface area contributed by atoms with E-state index in [1.807, 2.05) is 0 Å². The van der Waals surface area contributed by atoms with Crippen molar-refractivity contribution >= 4 is 39.8 Å². The number of rotatable bonds is 8. The number of benzene rings is 2. The van der Waals surface area contributed by atoms with Gasteiger partial charge < -0.3 is 15.2 Å². The van der Waals surface area contributed by atoms with Gasteiger partial charge in [-0.2, -0.15) is 0 Å². The fourth-order valence-electron chi connectivity index (χ4n) is 2.68. The summed E-state index contributed by atoms with van der Waals surface area (Å²) in [5.74, 6) is -0.645. The lowest BCUT2D eigenvalue weighted by molar-refractivity contribution is -0.384. The standard InChI is InChI=1S/C19H16ClN3O5/c20-18-10-17(21-8-7-12-1-3-13(4-2-12)23(26)27)15-9-14(28-11-19(24)25)5-6-16(15)22-18/h1-6,9-10H,7-8,11H2,(H,21,22)(H,24,25). The third-order valence-electron chi connectivity index (χ3n) is 3.99. The molecule has 28 heavy (non-hydrogen) atoms. The average molecular weight is 402 g/mol. The molecule has 2 aromatic carbocycles. The van der Waals surface area contributed by atoms with Crippen LogP contribution >= 0.6 is 11.6 Å². The number of nitro benzene ring substituents is 1. The Morgan fingerprint density at radius 3 is 2.64 bits per heavy atom. The number of carboxylic acids is 1. The number of nitrogens with zero attached hydrogens (tertiary/aromatic N) is 2. The predicted molar refractivity (Wildman–Crippen MR) is 105 cm³/mol. The molecule has 3 aromatic rings. The van der Waals surface area contributed by atoms with E-state index in [1.54, 1.807) is 36.4 Å². The highest BCUT2D eigenvalue weighted by Gasteiger charge is 2.08. The van der Waals surface area contributed by atoms with Gasteiger partial charge in [0, 0.05) is 29.8 Å². The molecule has 0 aliphatic heterocycles. The minimum absolute atomic E-state index is 0.0532. The number of carboxylic acid groups (broad SMARTS) is 1. The molecule has 3 rings (SSSR count). The van der Waals surface area contributed by atoms with Crippen molar-refractivity contribution in [2.45, 2.75) is 6.42 Å². The number of hydrogen-bond donors (Lipinski definition) is 2. The molecule has 0 aliphatic rings. The van der Waals surface area contributed by atoms with E-state index in [4.69, 9.17) is 21.4 Å². The Morgan fingerprint density at radius 2 is 1.96 bits per heavy atom. The molecular formula is C19H16ClN3O5. The highest BCUT2D eigenvalue weighted by Crippen LogP contribution is 2.29. The van der Waals surface area contributed by atoms with Gasteiger partial charge in [0.25, 0.3) is 5.69 Å². The summed E-state index contributed by atoms with van der Waals surface area (Å²) in [5, 5.41) is 23.8. The van der Waals surface area contributed by atoms with Crippen LogP contribution in [-0.2, 0) is 11.2 Å². The Balaban J connectivity index is 1.74. The number of anilines is 1. The second kappa shape index (κ2) is 8.53. The summed E-state index contributed by atoms with van der Waals surface area (Å²) in [4.78, 5) is 25.2. The number of non-ortho nitro benzene ring substituents is 1. The molecule has 1 heterocycles. The van der Waals surface area contributed by atoms with E-state index in [2.05, 4.69) is 10.3 Å². The van der Waals surface area contributed by atoms with Gasteiger partial charge in [0.2, 0.25) is 0 Å². The van der Waals surface area contributed by atoms with Gasteiger partial charge in [-0.15, -0.1) is 0 Å². The quantitative estimate of drug-likeness (QED) is 0.334. The maximum absolute atomic E-state index is 10.7. The zero-order valence-corrected chi connectivity index (χ0v) is 15.3. The Morgan fingerprint density at radius 1 is 1.21 bits per heavy atom. The van der Waals surface area contributed by atoms with Crippen molar-refractivity contribution in [3.05, 3.63) is 69.4 Å². The number of aliphatic carboxylic acids is 1. The molecule has 0 aliphatic carbocycles. The van der Waals surface area contributed by atoms with Crippen molar-refractivity contribution in [2.75, 3.05) is 18.5 Å². The van der Waals surface area contributed by atoms with Crippen LogP contribution in [0.2, 0.25) is 5.15 Å². The van der Waals surface area contributed by atoms with Crippen LogP contribution in [-0.4, -0.2) is 34.1 Å². The largest absolute Gasteiger partial charge is 0.482 e. The van der Waals surface area contributed by atoms with Crippen molar-refractivity contribution in [2.24, 2.45) is 0 Å². The Kier molecular flexibility index (Phi) is 5.90. The number of hydrogen-bond acceptors (Lipinski definition) is 6. The maximum atomic E-state index is 10.7. The van der Waals surface area contributed by atoms with Crippen molar-refractivity contribution < 1.29 is 19.6 Å². The van der Waals surface area contributed by atoms with E-state index in [-0.39, 0.29) is 5.69 Å². The Labute approximate surface area is 164 Å². The average Bonchev–Trinajstić information content (AvgIpc) is 2.66. The van der Waals surface area contributed by atoms with E-state index in [0.717, 1.165) is 16.6 Å². The number of nitrogens with one attached hydrogen (secondary N) is 1. The maximum Gasteiger partial charge on any atom is 0.341 e. The first-order valence-corrected chi connectivity index (χ1v) is 8.72. The summed E-state index contributed by atoms with van der Waals surface area (Å²) >= 11 is 6.09. The number of nitro groups is 1. The number of fused-ring (bicyclic) bond motifs is 1. The number of halogens is 1. The monoisotopic (exact) mass is 401 g/mol. The number of aromatic nitrogens is 1. The first-order valence-electron chi connectivity index (χ1n) is 8.34. The summed E-state index contributed by atoms with van der Waals surface area (Å²) in [6.45, 7) is 0.128. The van der Waals surface area contributed by atoms with E-state index in [9.17, 15) is 14.9 Å². The normalized spacial score (nSPS) is 10.6. The highest BCUT2D eigenvalue weighted by atomic mass is 35.5. The lowest BCUT2D eigenvalue weighted by Gasteiger charge is -2.12. The lowest BCUT2D eigenvalue weighted by Crippen LogP contribution is -2.09. The van der Waals surface area contributed by atoms with Crippen molar-refractivity contribution in [1.82, 2.24) is 4.98 Å².